The molecule has 1 heterocycles. The summed E-state index contributed by atoms with van der Waals surface area (Å²) < 4.78 is 11.6. The Morgan fingerprint density at radius 3 is 2.79 bits per heavy atom. The third-order valence-electron chi connectivity index (χ3n) is 8.36. The molecule has 1 aliphatic carbocycles. The van der Waals surface area contributed by atoms with Gasteiger partial charge in [-0.2, -0.15) is 0 Å². The van der Waals surface area contributed by atoms with E-state index < -0.39 is 11.7 Å². The van der Waals surface area contributed by atoms with Crippen molar-refractivity contribution in [2.45, 2.75) is 69.6 Å². The van der Waals surface area contributed by atoms with Gasteiger partial charge in [-0.25, -0.2) is 0 Å². The number of hydrogen-bond donors (Lipinski definition) is 2. The molecule has 6 nitrogen and oxygen atoms in total. The minimum absolute atomic E-state index is 0.0273. The van der Waals surface area contributed by atoms with Crippen LogP contribution in [0.1, 0.15) is 56.6 Å². The molecule has 0 spiro atoms. The van der Waals surface area contributed by atoms with Crippen molar-refractivity contribution < 1.29 is 19.4 Å². The molecule has 7 heteroatoms. The van der Waals surface area contributed by atoms with Crippen LogP contribution in [-0.2, 0) is 26.3 Å². The van der Waals surface area contributed by atoms with E-state index in [9.17, 15) is 9.90 Å². The molecule has 0 bridgehead atoms. The number of rotatable bonds is 11. The molecule has 1 aliphatic heterocycles. The number of ether oxygens (including phenoxy) is 2. The summed E-state index contributed by atoms with van der Waals surface area (Å²) in [6.45, 7) is 4.07. The van der Waals surface area contributed by atoms with Crippen molar-refractivity contribution in [2.75, 3.05) is 40.5 Å². The van der Waals surface area contributed by atoms with Gasteiger partial charge >= 0.3 is 0 Å². The number of aryl methyl sites for hydroxylation is 1. The number of methoxy groups -OCH3 is 1. The fourth-order valence-corrected chi connectivity index (χ4v) is 6.38. The second-order valence-corrected chi connectivity index (χ2v) is 11.1. The highest BCUT2D eigenvalue weighted by Gasteiger charge is 2.45. The molecular formula is C31H43ClN2O4. The third-order valence-corrected chi connectivity index (χ3v) is 8.68. The molecule has 4 atom stereocenters. The Kier molecular flexibility index (Phi) is 10.2. The van der Waals surface area contributed by atoms with E-state index in [0.29, 0.717) is 43.8 Å². The number of benzene rings is 2. The lowest BCUT2D eigenvalue weighted by molar-refractivity contribution is -0.167. The number of carbonyl (C=O) groups is 1. The Morgan fingerprint density at radius 1 is 1.24 bits per heavy atom. The Balaban J connectivity index is 1.68. The van der Waals surface area contributed by atoms with Crippen LogP contribution in [0.4, 0.5) is 0 Å². The topological polar surface area (TPSA) is 71.0 Å². The molecule has 2 fully saturated rings. The predicted octanol–water partition coefficient (Wildman–Crippen LogP) is 5.19. The summed E-state index contributed by atoms with van der Waals surface area (Å²) in [4.78, 5) is 15.4. The minimum Gasteiger partial charge on any atom is -0.385 e. The average molecular weight is 543 g/mol. The van der Waals surface area contributed by atoms with Crippen molar-refractivity contribution in [3.05, 3.63) is 58.6 Å². The van der Waals surface area contributed by atoms with E-state index in [1.807, 2.05) is 42.3 Å². The van der Waals surface area contributed by atoms with Gasteiger partial charge < -0.3 is 24.8 Å². The Morgan fingerprint density at radius 2 is 2.05 bits per heavy atom. The van der Waals surface area contributed by atoms with Crippen LogP contribution in [-0.4, -0.2) is 68.5 Å². The van der Waals surface area contributed by atoms with Crippen molar-refractivity contribution >= 4 is 17.5 Å². The number of unbranched alkanes of at least 4 members (excludes halogenated alkanes) is 1. The maximum Gasteiger partial charge on any atom is 0.225 e. The van der Waals surface area contributed by atoms with Gasteiger partial charge in [0.15, 0.2) is 0 Å². The second-order valence-electron chi connectivity index (χ2n) is 10.7. The highest BCUT2D eigenvalue weighted by atomic mass is 35.5. The van der Waals surface area contributed by atoms with Crippen LogP contribution in [0.2, 0.25) is 5.02 Å². The summed E-state index contributed by atoms with van der Waals surface area (Å²) in [6.07, 6.45) is 5.20. The zero-order valence-corrected chi connectivity index (χ0v) is 23.8. The highest BCUT2D eigenvalue weighted by molar-refractivity contribution is 6.33. The molecule has 1 saturated heterocycles. The van der Waals surface area contributed by atoms with Crippen molar-refractivity contribution in [3.8, 4) is 11.1 Å². The lowest BCUT2D eigenvalue weighted by Crippen LogP contribution is -2.55. The van der Waals surface area contributed by atoms with Crippen LogP contribution in [0, 0.1) is 5.92 Å². The molecule has 1 amide bonds. The first-order chi connectivity index (χ1) is 18.4. The Bertz CT molecular complexity index is 1080. The average Bonchev–Trinajstić information content (AvgIpc) is 3.44. The van der Waals surface area contributed by atoms with Gasteiger partial charge in [0.05, 0.1) is 13.2 Å². The predicted molar refractivity (Wildman–Crippen MR) is 152 cm³/mol. The van der Waals surface area contributed by atoms with Crippen molar-refractivity contribution in [1.29, 1.82) is 0 Å². The van der Waals surface area contributed by atoms with Gasteiger partial charge in [-0.3, -0.25) is 4.79 Å². The molecular weight excluding hydrogens is 500 g/mol. The van der Waals surface area contributed by atoms with Gasteiger partial charge in [-0.05, 0) is 74.8 Å². The van der Waals surface area contributed by atoms with E-state index in [0.717, 1.165) is 55.2 Å². The van der Waals surface area contributed by atoms with E-state index in [4.69, 9.17) is 21.1 Å². The zero-order chi connectivity index (χ0) is 27.1. The number of morpholine rings is 1. The summed E-state index contributed by atoms with van der Waals surface area (Å²) in [5.41, 5.74) is 2.45. The maximum absolute atomic E-state index is 13.5. The standard InChI is InChI=1S/C31H43ClN2O4/c1-4-22-9-7-10-23(19-22)29-26(11-8-12-27(29)32)31(36,15-5-6-17-37-3)28-21-34(16-18-38-28)30(35)24-13-14-25(20-24)33-2/h7-12,19,24-25,28,33,36H,4-6,13-18,20-21H2,1-3H3. The number of nitrogens with zero attached hydrogens (tertiary/aromatic N) is 1. The highest BCUT2D eigenvalue weighted by Crippen LogP contribution is 2.43. The first kappa shape index (κ1) is 29.0. The Labute approximate surface area is 232 Å². The van der Waals surface area contributed by atoms with Crippen LogP contribution in [0.3, 0.4) is 0 Å². The van der Waals surface area contributed by atoms with Gasteiger partial charge in [0, 0.05) is 42.8 Å². The first-order valence-electron chi connectivity index (χ1n) is 14.1. The quantitative estimate of drug-likeness (QED) is 0.382. The molecule has 4 rings (SSSR count). The largest absolute Gasteiger partial charge is 0.385 e. The molecule has 4 unspecified atom stereocenters. The number of carbonyl (C=O) groups excluding carboxylic acids is 1. The molecule has 208 valence electrons. The van der Waals surface area contributed by atoms with Gasteiger partial charge in [-0.15, -0.1) is 0 Å². The van der Waals surface area contributed by atoms with E-state index in [1.165, 1.54) is 5.56 Å². The van der Waals surface area contributed by atoms with Crippen LogP contribution < -0.4 is 5.32 Å². The second kappa shape index (κ2) is 13.4. The monoisotopic (exact) mass is 542 g/mol. The summed E-state index contributed by atoms with van der Waals surface area (Å²) in [5.74, 6) is 0.208. The number of amides is 1. The van der Waals surface area contributed by atoms with E-state index >= 15 is 0 Å². The van der Waals surface area contributed by atoms with Gasteiger partial charge in [-0.1, -0.05) is 54.9 Å². The van der Waals surface area contributed by atoms with Crippen LogP contribution in [0.15, 0.2) is 42.5 Å². The molecule has 2 N–H and O–H groups in total. The molecule has 2 aliphatic rings. The van der Waals surface area contributed by atoms with E-state index in [-0.39, 0.29) is 11.8 Å². The summed E-state index contributed by atoms with van der Waals surface area (Å²) in [6, 6.07) is 14.5. The van der Waals surface area contributed by atoms with Crippen LogP contribution in [0.5, 0.6) is 0 Å². The van der Waals surface area contributed by atoms with E-state index in [2.05, 4.69) is 24.4 Å². The summed E-state index contributed by atoms with van der Waals surface area (Å²) >= 11 is 6.84. The molecule has 0 radical (unpaired) electrons. The van der Waals surface area contributed by atoms with Crippen LogP contribution in [0.25, 0.3) is 11.1 Å². The molecule has 2 aromatic carbocycles. The number of hydrogen-bond acceptors (Lipinski definition) is 5. The number of halogens is 1. The lowest BCUT2D eigenvalue weighted by Gasteiger charge is -2.44. The van der Waals surface area contributed by atoms with Gasteiger partial charge in [0.2, 0.25) is 5.91 Å². The van der Waals surface area contributed by atoms with Crippen molar-refractivity contribution in [1.82, 2.24) is 10.2 Å². The summed E-state index contributed by atoms with van der Waals surface area (Å²) in [7, 11) is 3.65. The molecule has 38 heavy (non-hydrogen) atoms. The fraction of sp³-hybridized carbons (Fsp3) is 0.581. The normalized spacial score (nSPS) is 23.4. The Hall–Kier alpha value is -1.96. The molecule has 0 aromatic heterocycles. The maximum atomic E-state index is 13.5. The van der Waals surface area contributed by atoms with Crippen LogP contribution >= 0.6 is 11.6 Å². The van der Waals surface area contributed by atoms with E-state index in [1.54, 1.807) is 7.11 Å². The van der Waals surface area contributed by atoms with Gasteiger partial charge in [0.25, 0.3) is 0 Å². The van der Waals surface area contributed by atoms with Gasteiger partial charge in [0.1, 0.15) is 11.7 Å². The number of aliphatic hydroxyl groups is 1. The molecule has 1 saturated carbocycles. The number of nitrogens with one attached hydrogen (secondary N) is 1. The first-order valence-corrected chi connectivity index (χ1v) is 14.5. The minimum atomic E-state index is -1.32. The SMILES string of the molecule is CCc1cccc(-c2c(Cl)cccc2C(O)(CCCCOC)C2CN(C(=O)C3CCC(NC)C3)CCO2)c1. The third kappa shape index (κ3) is 6.43. The van der Waals surface area contributed by atoms with Crippen molar-refractivity contribution in [3.63, 3.8) is 0 Å². The fourth-order valence-electron chi connectivity index (χ4n) is 6.10. The summed E-state index contributed by atoms with van der Waals surface area (Å²) in [5, 5.41) is 16.5. The zero-order valence-electron chi connectivity index (χ0n) is 23.0. The smallest absolute Gasteiger partial charge is 0.225 e. The van der Waals surface area contributed by atoms with Crippen molar-refractivity contribution in [2.24, 2.45) is 5.92 Å². The lowest BCUT2D eigenvalue weighted by atomic mass is 9.78. The molecule has 2 aromatic rings.